The molecule has 5 nitrogen and oxygen atoms in total. The van der Waals surface area contributed by atoms with Crippen molar-refractivity contribution < 1.29 is 4.79 Å². The van der Waals surface area contributed by atoms with Crippen molar-refractivity contribution in [2.45, 2.75) is 12.8 Å². The standard InChI is InChI=1S/C7H9N3O2S/c1-10-7(12)13-6(9-10)8-5(11)4-2-3-4/h4H,2-3H2,1H3,(H,8,9,11). The van der Waals surface area contributed by atoms with Crippen LogP contribution in [0.4, 0.5) is 5.13 Å². The van der Waals surface area contributed by atoms with E-state index in [-0.39, 0.29) is 16.7 Å². The maximum atomic E-state index is 11.2. The van der Waals surface area contributed by atoms with Crippen molar-refractivity contribution in [1.82, 2.24) is 9.78 Å². The number of carbonyl (C=O) groups is 1. The summed E-state index contributed by atoms with van der Waals surface area (Å²) in [7, 11) is 1.56. The molecule has 1 amide bonds. The van der Waals surface area contributed by atoms with Crippen molar-refractivity contribution in [1.29, 1.82) is 0 Å². The summed E-state index contributed by atoms with van der Waals surface area (Å²) in [5.74, 6) is 0.124. The molecule has 1 saturated carbocycles. The number of aryl methyl sites for hydroxylation is 1. The summed E-state index contributed by atoms with van der Waals surface area (Å²) >= 11 is 0.952. The molecule has 2 rings (SSSR count). The first kappa shape index (κ1) is 8.43. The minimum atomic E-state index is -0.161. The number of hydrogen-bond donors (Lipinski definition) is 1. The summed E-state index contributed by atoms with van der Waals surface area (Å²) in [6.07, 6.45) is 1.90. The monoisotopic (exact) mass is 199 g/mol. The van der Waals surface area contributed by atoms with Gasteiger partial charge in [-0.15, -0.1) is 5.10 Å². The Bertz CT molecular complexity index is 391. The molecule has 1 heterocycles. The van der Waals surface area contributed by atoms with E-state index >= 15 is 0 Å². The van der Waals surface area contributed by atoms with Gasteiger partial charge in [0, 0.05) is 13.0 Å². The van der Waals surface area contributed by atoms with Crippen LogP contribution in [0, 0.1) is 5.92 Å². The number of rotatable bonds is 2. The molecule has 0 saturated heterocycles. The van der Waals surface area contributed by atoms with Crippen LogP contribution in [0.15, 0.2) is 4.79 Å². The number of aromatic nitrogens is 2. The van der Waals surface area contributed by atoms with Gasteiger partial charge >= 0.3 is 4.87 Å². The summed E-state index contributed by atoms with van der Waals surface area (Å²) in [5, 5.41) is 6.86. The molecule has 1 aromatic rings. The Balaban J connectivity index is 2.08. The van der Waals surface area contributed by atoms with Gasteiger partial charge in [-0.05, 0) is 24.2 Å². The van der Waals surface area contributed by atoms with Gasteiger partial charge in [0.1, 0.15) is 0 Å². The topological polar surface area (TPSA) is 64.0 Å². The zero-order chi connectivity index (χ0) is 9.42. The minimum absolute atomic E-state index is 0.0191. The van der Waals surface area contributed by atoms with Gasteiger partial charge in [-0.25, -0.2) is 4.68 Å². The van der Waals surface area contributed by atoms with Crippen LogP contribution in [0.1, 0.15) is 12.8 Å². The first-order chi connectivity index (χ1) is 6.16. The lowest BCUT2D eigenvalue weighted by Crippen LogP contribution is -2.13. The molecule has 1 fully saturated rings. The highest BCUT2D eigenvalue weighted by Gasteiger charge is 2.30. The zero-order valence-corrected chi connectivity index (χ0v) is 7.93. The van der Waals surface area contributed by atoms with Gasteiger partial charge in [-0.1, -0.05) is 0 Å². The van der Waals surface area contributed by atoms with Crippen molar-refractivity contribution in [2.75, 3.05) is 5.32 Å². The molecule has 1 aromatic heterocycles. The highest BCUT2D eigenvalue weighted by Crippen LogP contribution is 2.30. The van der Waals surface area contributed by atoms with Gasteiger partial charge in [-0.3, -0.25) is 9.59 Å². The third kappa shape index (κ3) is 1.77. The van der Waals surface area contributed by atoms with E-state index in [4.69, 9.17) is 0 Å². The third-order valence-electron chi connectivity index (χ3n) is 1.87. The Morgan fingerprint density at radius 2 is 2.38 bits per heavy atom. The fourth-order valence-corrected chi connectivity index (χ4v) is 1.60. The van der Waals surface area contributed by atoms with Crippen molar-refractivity contribution in [2.24, 2.45) is 13.0 Å². The van der Waals surface area contributed by atoms with Crippen LogP contribution in [-0.2, 0) is 11.8 Å². The molecule has 0 aliphatic heterocycles. The van der Waals surface area contributed by atoms with E-state index in [1.54, 1.807) is 7.05 Å². The van der Waals surface area contributed by atoms with E-state index in [2.05, 4.69) is 10.4 Å². The van der Waals surface area contributed by atoms with Crippen LogP contribution in [-0.4, -0.2) is 15.7 Å². The summed E-state index contributed by atoms with van der Waals surface area (Å²) in [5.41, 5.74) is 0. The Morgan fingerprint density at radius 3 is 2.85 bits per heavy atom. The molecule has 0 spiro atoms. The molecule has 6 heteroatoms. The molecule has 1 N–H and O–H groups in total. The number of carbonyl (C=O) groups excluding carboxylic acids is 1. The first-order valence-corrected chi connectivity index (χ1v) is 4.83. The van der Waals surface area contributed by atoms with Gasteiger partial charge in [0.15, 0.2) is 0 Å². The van der Waals surface area contributed by atoms with Gasteiger partial charge in [0.2, 0.25) is 11.0 Å². The van der Waals surface area contributed by atoms with E-state index in [1.165, 1.54) is 4.68 Å². The SMILES string of the molecule is Cn1nc(NC(=O)C2CC2)sc1=O. The van der Waals surface area contributed by atoms with Crippen molar-refractivity contribution >= 4 is 22.4 Å². The number of hydrogen-bond acceptors (Lipinski definition) is 4. The largest absolute Gasteiger partial charge is 0.326 e. The Hall–Kier alpha value is -1.17. The maximum absolute atomic E-state index is 11.2. The number of nitrogens with one attached hydrogen (secondary N) is 1. The fourth-order valence-electron chi connectivity index (χ4n) is 0.950. The first-order valence-electron chi connectivity index (χ1n) is 4.02. The molecular weight excluding hydrogens is 190 g/mol. The second-order valence-electron chi connectivity index (χ2n) is 3.06. The van der Waals surface area contributed by atoms with Gasteiger partial charge < -0.3 is 5.32 Å². The summed E-state index contributed by atoms with van der Waals surface area (Å²) in [6, 6.07) is 0. The molecule has 70 valence electrons. The quantitative estimate of drug-likeness (QED) is 0.739. The van der Waals surface area contributed by atoms with Crippen molar-refractivity contribution in [3.05, 3.63) is 9.67 Å². The molecule has 0 unspecified atom stereocenters. The van der Waals surface area contributed by atoms with Crippen LogP contribution >= 0.6 is 11.3 Å². The van der Waals surface area contributed by atoms with E-state index in [0.29, 0.717) is 5.13 Å². The molecule has 1 aliphatic carbocycles. The summed E-state index contributed by atoms with van der Waals surface area (Å²) in [4.78, 5) is 22.1. The average molecular weight is 199 g/mol. The van der Waals surface area contributed by atoms with Gasteiger partial charge in [0.05, 0.1) is 0 Å². The number of nitrogens with zero attached hydrogens (tertiary/aromatic N) is 2. The second kappa shape index (κ2) is 2.95. The van der Waals surface area contributed by atoms with E-state index in [9.17, 15) is 9.59 Å². The number of amides is 1. The van der Waals surface area contributed by atoms with Crippen LogP contribution in [0.5, 0.6) is 0 Å². The molecule has 0 bridgehead atoms. The molecular formula is C7H9N3O2S. The molecule has 13 heavy (non-hydrogen) atoms. The summed E-state index contributed by atoms with van der Waals surface area (Å²) < 4.78 is 1.22. The predicted octanol–water partition coefficient (Wildman–Crippen LogP) is 0.190. The van der Waals surface area contributed by atoms with Crippen molar-refractivity contribution in [3.63, 3.8) is 0 Å². The molecule has 0 radical (unpaired) electrons. The Morgan fingerprint density at radius 1 is 1.69 bits per heavy atom. The molecule has 1 aliphatic rings. The van der Waals surface area contributed by atoms with Crippen molar-refractivity contribution in [3.8, 4) is 0 Å². The lowest BCUT2D eigenvalue weighted by Gasteiger charge is -1.96. The van der Waals surface area contributed by atoms with E-state index in [1.807, 2.05) is 0 Å². The molecule has 0 atom stereocenters. The number of anilines is 1. The van der Waals surface area contributed by atoms with Gasteiger partial charge in [-0.2, -0.15) is 0 Å². The smallest absolute Gasteiger partial charge is 0.300 e. The maximum Gasteiger partial charge on any atom is 0.326 e. The minimum Gasteiger partial charge on any atom is -0.300 e. The lowest BCUT2D eigenvalue weighted by molar-refractivity contribution is -0.117. The van der Waals surface area contributed by atoms with Crippen LogP contribution in [0.3, 0.4) is 0 Å². The highest BCUT2D eigenvalue weighted by atomic mass is 32.1. The van der Waals surface area contributed by atoms with Crippen LogP contribution in [0.25, 0.3) is 0 Å². The van der Waals surface area contributed by atoms with Gasteiger partial charge in [0.25, 0.3) is 0 Å². The molecule has 0 aromatic carbocycles. The van der Waals surface area contributed by atoms with E-state index < -0.39 is 0 Å². The fraction of sp³-hybridized carbons (Fsp3) is 0.571. The summed E-state index contributed by atoms with van der Waals surface area (Å²) in [6.45, 7) is 0. The van der Waals surface area contributed by atoms with Crippen LogP contribution in [0.2, 0.25) is 0 Å². The lowest BCUT2D eigenvalue weighted by atomic mass is 10.4. The predicted molar refractivity (Wildman–Crippen MR) is 48.7 cm³/mol. The average Bonchev–Trinajstić information content (AvgIpc) is 2.81. The zero-order valence-electron chi connectivity index (χ0n) is 7.11. The highest BCUT2D eigenvalue weighted by molar-refractivity contribution is 7.13. The Labute approximate surface area is 78.4 Å². The third-order valence-corrected chi connectivity index (χ3v) is 2.68. The van der Waals surface area contributed by atoms with Crippen LogP contribution < -0.4 is 10.2 Å². The second-order valence-corrected chi connectivity index (χ2v) is 4.00. The Kier molecular flexibility index (Phi) is 1.91. The normalized spacial score (nSPS) is 15.8. The van der Waals surface area contributed by atoms with E-state index in [0.717, 1.165) is 24.2 Å².